The molecule has 1 aromatic rings. The van der Waals surface area contributed by atoms with E-state index in [1.54, 1.807) is 6.07 Å². The van der Waals surface area contributed by atoms with E-state index in [9.17, 15) is 8.42 Å². The standard InChI is InChI=1S/C12H20N2O3S2/c1-9-12(6-11(7-13)18-9)19(15,16)14-4-2-10-3-5-17-8-10/h6,10,14H,2-5,7-8,13H2,1H3. The predicted molar refractivity (Wildman–Crippen MR) is 75.7 cm³/mol. The van der Waals surface area contributed by atoms with Crippen LogP contribution in [0.3, 0.4) is 0 Å². The number of thiophene rings is 1. The Morgan fingerprint density at radius 2 is 2.37 bits per heavy atom. The molecule has 0 bridgehead atoms. The van der Waals surface area contributed by atoms with Gasteiger partial charge in [-0.1, -0.05) is 0 Å². The summed E-state index contributed by atoms with van der Waals surface area (Å²) < 4.78 is 32.3. The van der Waals surface area contributed by atoms with E-state index in [0.717, 1.165) is 35.8 Å². The zero-order valence-corrected chi connectivity index (χ0v) is 12.6. The molecule has 0 aromatic carbocycles. The van der Waals surface area contributed by atoms with Crippen LogP contribution < -0.4 is 10.5 Å². The summed E-state index contributed by atoms with van der Waals surface area (Å²) in [5.41, 5.74) is 5.54. The normalized spacial score (nSPS) is 20.0. The lowest BCUT2D eigenvalue weighted by atomic mass is 10.1. The van der Waals surface area contributed by atoms with E-state index in [0.29, 0.717) is 23.9 Å². The monoisotopic (exact) mass is 304 g/mol. The number of hydrogen-bond acceptors (Lipinski definition) is 5. The van der Waals surface area contributed by atoms with Gasteiger partial charge in [-0.2, -0.15) is 0 Å². The van der Waals surface area contributed by atoms with Gasteiger partial charge in [0.15, 0.2) is 0 Å². The summed E-state index contributed by atoms with van der Waals surface area (Å²) in [4.78, 5) is 2.04. The SMILES string of the molecule is Cc1sc(CN)cc1S(=O)(=O)NCCC1CCOC1. The molecule has 0 amide bonds. The number of ether oxygens (including phenoxy) is 1. The molecule has 0 radical (unpaired) electrons. The minimum absolute atomic E-state index is 0.362. The largest absolute Gasteiger partial charge is 0.381 e. The van der Waals surface area contributed by atoms with Gasteiger partial charge < -0.3 is 10.5 Å². The molecule has 1 saturated heterocycles. The number of nitrogens with two attached hydrogens (primary N) is 1. The van der Waals surface area contributed by atoms with Crippen molar-refractivity contribution in [2.24, 2.45) is 11.7 Å². The predicted octanol–water partition coefficient (Wildman–Crippen LogP) is 1.22. The molecule has 0 spiro atoms. The maximum Gasteiger partial charge on any atom is 0.241 e. The second-order valence-electron chi connectivity index (χ2n) is 4.75. The summed E-state index contributed by atoms with van der Waals surface area (Å²) in [5.74, 6) is 0.478. The van der Waals surface area contributed by atoms with E-state index in [1.165, 1.54) is 11.3 Å². The molecule has 1 aromatic heterocycles. The van der Waals surface area contributed by atoms with E-state index in [4.69, 9.17) is 10.5 Å². The minimum atomic E-state index is -3.41. The van der Waals surface area contributed by atoms with Crippen LogP contribution in [0.2, 0.25) is 0 Å². The van der Waals surface area contributed by atoms with Crippen LogP contribution in [0.1, 0.15) is 22.6 Å². The Bertz CT molecular complexity index is 519. The molecule has 1 aliphatic rings. The van der Waals surface area contributed by atoms with Gasteiger partial charge in [0.05, 0.1) is 4.90 Å². The lowest BCUT2D eigenvalue weighted by Crippen LogP contribution is -2.26. The Labute approximate surface area is 118 Å². The van der Waals surface area contributed by atoms with Gasteiger partial charge in [0.1, 0.15) is 0 Å². The molecule has 1 fully saturated rings. The van der Waals surface area contributed by atoms with Crippen molar-refractivity contribution in [1.82, 2.24) is 4.72 Å². The Kier molecular flexibility index (Phi) is 4.97. The van der Waals surface area contributed by atoms with E-state index < -0.39 is 10.0 Å². The first-order valence-electron chi connectivity index (χ1n) is 6.39. The van der Waals surface area contributed by atoms with Crippen molar-refractivity contribution in [2.75, 3.05) is 19.8 Å². The zero-order valence-electron chi connectivity index (χ0n) is 11.0. The van der Waals surface area contributed by atoms with Crippen LogP contribution in [0.15, 0.2) is 11.0 Å². The van der Waals surface area contributed by atoms with Crippen LogP contribution in [-0.2, 0) is 21.3 Å². The van der Waals surface area contributed by atoms with Crippen molar-refractivity contribution in [3.8, 4) is 0 Å². The molecule has 19 heavy (non-hydrogen) atoms. The highest BCUT2D eigenvalue weighted by Crippen LogP contribution is 2.25. The molecule has 7 heteroatoms. The van der Waals surface area contributed by atoms with Crippen LogP contribution in [0, 0.1) is 12.8 Å². The molecule has 1 unspecified atom stereocenters. The summed E-state index contributed by atoms with van der Waals surface area (Å²) in [6.45, 7) is 4.19. The summed E-state index contributed by atoms with van der Waals surface area (Å²) >= 11 is 1.44. The van der Waals surface area contributed by atoms with Crippen LogP contribution in [0.4, 0.5) is 0 Å². The van der Waals surface area contributed by atoms with E-state index >= 15 is 0 Å². The van der Waals surface area contributed by atoms with Gasteiger partial charge >= 0.3 is 0 Å². The van der Waals surface area contributed by atoms with Crippen molar-refractivity contribution in [3.05, 3.63) is 15.8 Å². The second-order valence-corrected chi connectivity index (χ2v) is 7.83. The molecule has 108 valence electrons. The third-order valence-electron chi connectivity index (χ3n) is 3.28. The average molecular weight is 304 g/mol. The molecular weight excluding hydrogens is 284 g/mol. The summed E-state index contributed by atoms with van der Waals surface area (Å²) in [6.07, 6.45) is 1.85. The fourth-order valence-corrected chi connectivity index (χ4v) is 4.74. The molecule has 1 aliphatic heterocycles. The summed E-state index contributed by atoms with van der Waals surface area (Å²) in [5, 5.41) is 0. The Morgan fingerprint density at radius 3 is 2.95 bits per heavy atom. The van der Waals surface area contributed by atoms with Gasteiger partial charge in [-0.25, -0.2) is 13.1 Å². The van der Waals surface area contributed by atoms with Crippen molar-refractivity contribution in [2.45, 2.75) is 31.2 Å². The number of nitrogens with one attached hydrogen (secondary N) is 1. The van der Waals surface area contributed by atoms with Crippen LogP contribution in [0.5, 0.6) is 0 Å². The fourth-order valence-electron chi connectivity index (χ4n) is 2.18. The average Bonchev–Trinajstić information content (AvgIpc) is 2.98. The lowest BCUT2D eigenvalue weighted by molar-refractivity contribution is 0.184. The quantitative estimate of drug-likeness (QED) is 0.828. The molecule has 1 atom stereocenters. The van der Waals surface area contributed by atoms with Crippen molar-refractivity contribution >= 4 is 21.4 Å². The Morgan fingerprint density at radius 1 is 1.58 bits per heavy atom. The van der Waals surface area contributed by atoms with Gasteiger partial charge in [-0.3, -0.25) is 0 Å². The zero-order chi connectivity index (χ0) is 13.9. The smallest absolute Gasteiger partial charge is 0.241 e. The molecule has 2 heterocycles. The van der Waals surface area contributed by atoms with Gasteiger partial charge in [0.2, 0.25) is 10.0 Å². The summed E-state index contributed by atoms with van der Waals surface area (Å²) in [7, 11) is -3.41. The van der Waals surface area contributed by atoms with E-state index in [-0.39, 0.29) is 0 Å². The first-order valence-corrected chi connectivity index (χ1v) is 8.69. The topological polar surface area (TPSA) is 81.4 Å². The van der Waals surface area contributed by atoms with Crippen molar-refractivity contribution < 1.29 is 13.2 Å². The highest BCUT2D eigenvalue weighted by Gasteiger charge is 2.21. The number of rotatable bonds is 6. The highest BCUT2D eigenvalue weighted by molar-refractivity contribution is 7.89. The molecule has 3 N–H and O–H groups in total. The van der Waals surface area contributed by atoms with Crippen LogP contribution in [0.25, 0.3) is 0 Å². The number of aryl methyl sites for hydroxylation is 1. The highest BCUT2D eigenvalue weighted by atomic mass is 32.2. The second kappa shape index (κ2) is 6.32. The molecule has 5 nitrogen and oxygen atoms in total. The van der Waals surface area contributed by atoms with Gasteiger partial charge in [0, 0.05) is 36.1 Å². The molecule has 0 aliphatic carbocycles. The third-order valence-corrected chi connectivity index (χ3v) is 6.07. The summed E-state index contributed by atoms with van der Waals surface area (Å²) in [6, 6.07) is 1.67. The van der Waals surface area contributed by atoms with Gasteiger partial charge in [-0.15, -0.1) is 11.3 Å². The van der Waals surface area contributed by atoms with Gasteiger partial charge in [0.25, 0.3) is 0 Å². The van der Waals surface area contributed by atoms with Crippen molar-refractivity contribution in [3.63, 3.8) is 0 Å². The number of sulfonamides is 1. The van der Waals surface area contributed by atoms with Crippen LogP contribution in [-0.4, -0.2) is 28.2 Å². The van der Waals surface area contributed by atoms with Crippen LogP contribution >= 0.6 is 11.3 Å². The van der Waals surface area contributed by atoms with Gasteiger partial charge in [-0.05, 0) is 31.7 Å². The molecule has 0 saturated carbocycles. The first-order chi connectivity index (χ1) is 9.03. The molecule has 2 rings (SSSR count). The Balaban J connectivity index is 1.95. The fraction of sp³-hybridized carbons (Fsp3) is 0.667. The minimum Gasteiger partial charge on any atom is -0.381 e. The van der Waals surface area contributed by atoms with Crippen molar-refractivity contribution in [1.29, 1.82) is 0 Å². The molecular formula is C12H20N2O3S2. The third kappa shape index (κ3) is 3.76. The first kappa shape index (κ1) is 14.9. The number of hydrogen-bond donors (Lipinski definition) is 2. The Hall–Kier alpha value is -0.470. The maximum atomic E-state index is 12.2. The van der Waals surface area contributed by atoms with E-state index in [1.807, 2.05) is 6.92 Å². The van der Waals surface area contributed by atoms with E-state index in [2.05, 4.69) is 4.72 Å². The lowest BCUT2D eigenvalue weighted by Gasteiger charge is -2.09. The maximum absolute atomic E-state index is 12.2.